The van der Waals surface area contributed by atoms with E-state index in [0.717, 1.165) is 0 Å². The van der Waals surface area contributed by atoms with Gasteiger partial charge < -0.3 is 4.79 Å². The molecule has 0 aromatic carbocycles. The first kappa shape index (κ1) is 9.33. The second kappa shape index (κ2) is 4.93. The minimum atomic E-state index is 0. The average molecular weight is 223 g/mol. The monoisotopic (exact) mass is 223 g/mol. The molecule has 0 aromatic heterocycles. The van der Waals surface area contributed by atoms with Crippen LogP contribution < -0.4 is 0 Å². The summed E-state index contributed by atoms with van der Waals surface area (Å²) in [5, 5.41) is 0. The smallest absolute Gasteiger partial charge is 0.126 e. The van der Waals surface area contributed by atoms with Crippen LogP contribution in [0.4, 0.5) is 0 Å². The molecule has 0 saturated heterocycles. The van der Waals surface area contributed by atoms with Crippen molar-refractivity contribution in [3.8, 4) is 0 Å². The summed E-state index contributed by atoms with van der Waals surface area (Å²) in [5.41, 5.74) is 0. The third-order valence-corrected chi connectivity index (χ3v) is 0. The van der Waals surface area contributed by atoms with Crippen molar-refractivity contribution in [1.29, 1.82) is 0 Å². The zero-order valence-electron chi connectivity index (χ0n) is 3.21. The zero-order chi connectivity index (χ0) is 3.58. The number of carbonyl (C=O) groups excluding carboxylic acids is 1. The number of ketones is 1. The quantitative estimate of drug-likeness (QED) is 0.549. The Balaban J connectivity index is 0. The van der Waals surface area contributed by atoms with E-state index in [-0.39, 0.29) is 43.5 Å². The van der Waals surface area contributed by atoms with Crippen LogP contribution in [-0.2, 0) is 4.79 Å². The summed E-state index contributed by atoms with van der Waals surface area (Å²) in [6.07, 6.45) is 0. The third kappa shape index (κ3) is 49.0. The minimum absolute atomic E-state index is 0. The summed E-state index contributed by atoms with van der Waals surface area (Å²) >= 11 is 0. The summed E-state index contributed by atoms with van der Waals surface area (Å²) in [6, 6.07) is 0. The van der Waals surface area contributed by atoms with Gasteiger partial charge in [-0.05, 0) is 13.8 Å². The Bertz CT molecular complexity index is 29.9. The van der Waals surface area contributed by atoms with Gasteiger partial charge in [0.25, 0.3) is 0 Å². The van der Waals surface area contributed by atoms with E-state index in [0.29, 0.717) is 0 Å². The Morgan fingerprint density at radius 1 is 1.40 bits per heavy atom. The van der Waals surface area contributed by atoms with Gasteiger partial charge in [-0.1, -0.05) is 0 Å². The molecule has 0 saturated carbocycles. The van der Waals surface area contributed by atoms with Crippen molar-refractivity contribution in [1.82, 2.24) is 0 Å². The molecule has 1 nitrogen and oxygen atoms in total. The van der Waals surface area contributed by atoms with Crippen LogP contribution in [0, 0.1) is 37.7 Å². The van der Waals surface area contributed by atoms with Gasteiger partial charge in [-0.2, -0.15) is 0 Å². The molecule has 5 heavy (non-hydrogen) atoms. The van der Waals surface area contributed by atoms with E-state index in [1.54, 1.807) is 0 Å². The van der Waals surface area contributed by atoms with Crippen LogP contribution in [0.25, 0.3) is 0 Å². The maximum Gasteiger partial charge on any atom is 0.126 e. The van der Waals surface area contributed by atoms with Crippen LogP contribution in [0.3, 0.4) is 0 Å². The number of rotatable bonds is 0. The van der Waals surface area contributed by atoms with E-state index in [4.69, 9.17) is 0 Å². The van der Waals surface area contributed by atoms with Crippen LogP contribution >= 0.6 is 0 Å². The molecule has 0 bridgehead atoms. The summed E-state index contributed by atoms with van der Waals surface area (Å²) in [6.45, 7) is 3.06. The van der Waals surface area contributed by atoms with E-state index in [1.807, 2.05) is 0 Å². The normalized spacial score (nSPS) is 5.20. The third-order valence-electron chi connectivity index (χ3n) is 0. The van der Waals surface area contributed by atoms with Crippen molar-refractivity contribution in [2.45, 2.75) is 13.8 Å². The number of carbonyl (C=O) groups is 1. The van der Waals surface area contributed by atoms with Crippen molar-refractivity contribution < 1.29 is 42.5 Å². The fourth-order valence-electron chi connectivity index (χ4n) is 0. The second-order valence-electron chi connectivity index (χ2n) is 0.908. The van der Waals surface area contributed by atoms with Gasteiger partial charge in [0, 0.05) is 37.7 Å². The van der Waals surface area contributed by atoms with Crippen molar-refractivity contribution in [3.05, 3.63) is 0 Å². The van der Waals surface area contributed by atoms with Crippen molar-refractivity contribution in [2.75, 3.05) is 0 Å². The topological polar surface area (TPSA) is 17.1 Å². The molecular weight excluding hydrogens is 217 g/mol. The van der Waals surface area contributed by atoms with Gasteiger partial charge in [0.1, 0.15) is 5.78 Å². The Morgan fingerprint density at radius 3 is 1.40 bits per heavy atom. The minimum Gasteiger partial charge on any atom is -0.300 e. The SMILES string of the molecule is CC(C)=O.[Ho]. The molecular formula is C3H6HoO. The molecule has 0 fully saturated rings. The van der Waals surface area contributed by atoms with Gasteiger partial charge in [-0.25, -0.2) is 0 Å². The van der Waals surface area contributed by atoms with E-state index in [9.17, 15) is 4.79 Å². The molecule has 0 aliphatic carbocycles. The largest absolute Gasteiger partial charge is 0.300 e. The predicted molar refractivity (Wildman–Crippen MR) is 16.4 cm³/mol. The second-order valence-corrected chi connectivity index (χ2v) is 0.908. The Kier molecular flexibility index (Phi) is 9.20. The zero-order valence-corrected chi connectivity index (χ0v) is 5.14. The van der Waals surface area contributed by atoms with Crippen molar-refractivity contribution >= 4 is 5.78 Å². The molecule has 0 amide bonds. The fourth-order valence-corrected chi connectivity index (χ4v) is 0. The van der Waals surface area contributed by atoms with Gasteiger partial charge in [-0.15, -0.1) is 0 Å². The van der Waals surface area contributed by atoms with Crippen LogP contribution in [0.5, 0.6) is 0 Å². The molecule has 0 N–H and O–H groups in total. The molecule has 0 heterocycles. The first-order valence-corrected chi connectivity index (χ1v) is 1.20. The molecule has 2 heteroatoms. The maximum atomic E-state index is 9.44. The molecule has 0 aromatic rings. The predicted octanol–water partition coefficient (Wildman–Crippen LogP) is 0.595. The Hall–Kier alpha value is 0.930. The maximum absolute atomic E-state index is 9.44. The molecule has 0 spiro atoms. The van der Waals surface area contributed by atoms with E-state index >= 15 is 0 Å². The van der Waals surface area contributed by atoms with E-state index < -0.39 is 0 Å². The number of hydrogen-bond acceptors (Lipinski definition) is 1. The van der Waals surface area contributed by atoms with Gasteiger partial charge in [0.05, 0.1) is 0 Å². The molecule has 0 rings (SSSR count). The first-order valence-electron chi connectivity index (χ1n) is 1.20. The first-order chi connectivity index (χ1) is 1.73. The molecule has 35 valence electrons. The van der Waals surface area contributed by atoms with Crippen LogP contribution in [0.1, 0.15) is 13.8 Å². The van der Waals surface area contributed by atoms with Crippen molar-refractivity contribution in [3.63, 3.8) is 0 Å². The average Bonchev–Trinajstić information content (AvgIpc) is 0.811. The van der Waals surface area contributed by atoms with Gasteiger partial charge in [0.2, 0.25) is 0 Å². The van der Waals surface area contributed by atoms with Crippen molar-refractivity contribution in [2.24, 2.45) is 0 Å². The fraction of sp³-hybridized carbons (Fsp3) is 0.667. The number of hydrogen-bond donors (Lipinski definition) is 0. The van der Waals surface area contributed by atoms with Crippen LogP contribution in [0.2, 0.25) is 0 Å². The van der Waals surface area contributed by atoms with Crippen LogP contribution in [-0.4, -0.2) is 5.78 Å². The number of Topliss-reactive ketones (excluding diaryl/α,β-unsaturated/α-hetero) is 1. The summed E-state index contributed by atoms with van der Waals surface area (Å²) in [5.74, 6) is 0.167. The molecule has 0 aliphatic heterocycles. The Morgan fingerprint density at radius 2 is 1.40 bits per heavy atom. The molecule has 0 atom stereocenters. The summed E-state index contributed by atoms with van der Waals surface area (Å²) in [7, 11) is 0. The molecule has 0 aliphatic rings. The van der Waals surface area contributed by atoms with Gasteiger partial charge >= 0.3 is 0 Å². The van der Waals surface area contributed by atoms with Crippen LogP contribution in [0.15, 0.2) is 0 Å². The van der Waals surface area contributed by atoms with E-state index in [1.165, 1.54) is 13.8 Å². The molecule has 0 unspecified atom stereocenters. The van der Waals surface area contributed by atoms with E-state index in [2.05, 4.69) is 0 Å². The summed E-state index contributed by atoms with van der Waals surface area (Å²) in [4.78, 5) is 9.44. The standard InChI is InChI=1S/C3H6O.Ho/c1-3(2)4;/h1-2H3;. The molecule has 1 radical (unpaired) electrons. The van der Waals surface area contributed by atoms with Gasteiger partial charge in [0.15, 0.2) is 0 Å². The van der Waals surface area contributed by atoms with Gasteiger partial charge in [-0.3, -0.25) is 0 Å². The summed E-state index contributed by atoms with van der Waals surface area (Å²) < 4.78 is 0. The Labute approximate surface area is 61.7 Å².